The third kappa shape index (κ3) is 11.7. The van der Waals surface area contributed by atoms with E-state index >= 15 is 0 Å². The predicted molar refractivity (Wildman–Crippen MR) is 170 cm³/mol. The summed E-state index contributed by atoms with van der Waals surface area (Å²) < 4.78 is 17.1. The number of carbonyl (C=O) groups is 2. The number of amides is 1. The summed E-state index contributed by atoms with van der Waals surface area (Å²) in [5, 5.41) is 18.8. The van der Waals surface area contributed by atoms with Gasteiger partial charge in [-0.2, -0.15) is 0 Å². The number of hydrogen-bond donors (Lipinski definition) is 1. The van der Waals surface area contributed by atoms with Crippen molar-refractivity contribution in [2.24, 2.45) is 5.92 Å². The smallest absolute Gasteiger partial charge is 0.311 e. The van der Waals surface area contributed by atoms with Crippen LogP contribution in [0.1, 0.15) is 71.8 Å². The maximum absolute atomic E-state index is 12.9. The van der Waals surface area contributed by atoms with E-state index in [9.17, 15) is 14.9 Å². The number of carbonyl (C=O) groups excluding carboxylic acids is 1. The molecule has 1 amide bonds. The molecule has 11 nitrogen and oxygen atoms in total. The van der Waals surface area contributed by atoms with E-state index in [1.54, 1.807) is 19.2 Å². The van der Waals surface area contributed by atoms with E-state index in [1.807, 2.05) is 30.9 Å². The molecule has 2 aromatic rings. The van der Waals surface area contributed by atoms with Crippen LogP contribution in [0, 0.1) is 16.0 Å². The number of hydrogen-bond acceptors (Lipinski definition) is 8. The number of likely N-dealkylation sites (tertiary alicyclic amines) is 2. The fourth-order valence-electron chi connectivity index (χ4n) is 5.28. The predicted octanol–water partition coefficient (Wildman–Crippen LogP) is 6.00. The molecule has 0 aliphatic carbocycles. The highest BCUT2D eigenvalue weighted by molar-refractivity contribution is 5.76. The van der Waals surface area contributed by atoms with E-state index in [2.05, 4.69) is 17.0 Å². The lowest BCUT2D eigenvalue weighted by Gasteiger charge is -2.34. The molecule has 2 heterocycles. The first-order chi connectivity index (χ1) is 20.5. The van der Waals surface area contributed by atoms with Crippen LogP contribution in [0.3, 0.4) is 0 Å². The van der Waals surface area contributed by atoms with Gasteiger partial charge in [0.1, 0.15) is 17.6 Å². The highest BCUT2D eigenvalue weighted by Gasteiger charge is 2.26. The molecule has 0 spiro atoms. The van der Waals surface area contributed by atoms with Crippen molar-refractivity contribution in [2.75, 3.05) is 46.4 Å². The molecule has 11 heteroatoms. The molecule has 44 heavy (non-hydrogen) atoms. The molecule has 0 aromatic heterocycles. The Bertz CT molecular complexity index is 1180. The Balaban J connectivity index is 0.00000127. The minimum absolute atomic E-state index is 0. The SMILES string of the molecule is C.CC(=O)O.COc1ccc(C2CCN(CCC(=O)N3CCC(Oc4ccc([N+](=O)[O-])c(OCC(C)C)c4)CC3)CC2)cc1. The number of rotatable bonds is 11. The van der Waals surface area contributed by atoms with Gasteiger partial charge >= 0.3 is 5.69 Å². The Hall–Kier alpha value is -3.86. The Labute approximate surface area is 261 Å². The molecule has 2 fully saturated rings. The van der Waals surface area contributed by atoms with Crippen LogP contribution in [0.2, 0.25) is 0 Å². The van der Waals surface area contributed by atoms with Crippen LogP contribution in [-0.4, -0.2) is 84.3 Å². The van der Waals surface area contributed by atoms with E-state index < -0.39 is 10.9 Å². The second kappa shape index (κ2) is 18.1. The third-order valence-electron chi connectivity index (χ3n) is 7.61. The van der Waals surface area contributed by atoms with Crippen LogP contribution in [0.5, 0.6) is 17.2 Å². The molecule has 4 rings (SSSR count). The molecule has 1 N–H and O–H groups in total. The van der Waals surface area contributed by atoms with Gasteiger partial charge in [-0.05, 0) is 61.5 Å². The van der Waals surface area contributed by atoms with Gasteiger partial charge in [0.25, 0.3) is 5.97 Å². The minimum Gasteiger partial charge on any atom is -0.497 e. The summed E-state index contributed by atoms with van der Waals surface area (Å²) in [6.45, 7) is 9.60. The van der Waals surface area contributed by atoms with Crippen molar-refractivity contribution in [1.82, 2.24) is 9.80 Å². The number of nitro groups is 1. The van der Waals surface area contributed by atoms with Crippen LogP contribution < -0.4 is 14.2 Å². The fraction of sp³-hybridized carbons (Fsp3) is 0.576. The third-order valence-corrected chi connectivity index (χ3v) is 7.61. The van der Waals surface area contributed by atoms with E-state index in [0.29, 0.717) is 37.8 Å². The normalized spacial score (nSPS) is 15.9. The molecule has 0 bridgehead atoms. The maximum Gasteiger partial charge on any atom is 0.311 e. The second-order valence-electron chi connectivity index (χ2n) is 11.4. The summed E-state index contributed by atoms with van der Waals surface area (Å²) in [6, 6.07) is 13.0. The molecular weight excluding hydrogens is 566 g/mol. The Morgan fingerprint density at radius 1 is 1.00 bits per heavy atom. The number of aliphatic carboxylic acids is 1. The van der Waals surface area contributed by atoms with E-state index in [-0.39, 0.29) is 36.8 Å². The van der Waals surface area contributed by atoms with Crippen LogP contribution in [0.4, 0.5) is 5.69 Å². The first-order valence-electron chi connectivity index (χ1n) is 15.0. The molecule has 2 aliphatic heterocycles. The molecule has 2 aromatic carbocycles. The number of methoxy groups -OCH3 is 1. The average Bonchev–Trinajstić information content (AvgIpc) is 2.99. The van der Waals surface area contributed by atoms with Gasteiger partial charge in [-0.3, -0.25) is 19.7 Å². The zero-order valence-electron chi connectivity index (χ0n) is 25.7. The highest BCUT2D eigenvalue weighted by Crippen LogP contribution is 2.33. The Morgan fingerprint density at radius 2 is 1.59 bits per heavy atom. The quantitative estimate of drug-likeness (QED) is 0.239. The molecule has 2 aliphatic rings. The zero-order valence-corrected chi connectivity index (χ0v) is 25.7. The minimum atomic E-state index is -0.833. The molecule has 0 unspecified atom stereocenters. The van der Waals surface area contributed by atoms with Gasteiger partial charge in [-0.25, -0.2) is 0 Å². The summed E-state index contributed by atoms with van der Waals surface area (Å²) in [5.41, 5.74) is 1.30. The standard InChI is InChI=1S/C30H41N3O6.C2H4O2.CH4/c1-22(2)21-38-29-20-27(8-9-28(29)33(35)36)39-26-12-18-32(19-13-26)30(34)14-17-31-15-10-24(11-16-31)23-4-6-25(37-3)7-5-23;1-2(3)4;/h4-9,20,22,24,26H,10-19,21H2,1-3H3;1H3,(H,3,4);1H4. The fourth-order valence-corrected chi connectivity index (χ4v) is 5.28. The van der Waals surface area contributed by atoms with Crippen molar-refractivity contribution in [2.45, 2.75) is 72.3 Å². The van der Waals surface area contributed by atoms with Crippen LogP contribution >= 0.6 is 0 Å². The number of nitro benzene ring substituents is 1. The second-order valence-corrected chi connectivity index (χ2v) is 11.4. The highest BCUT2D eigenvalue weighted by atomic mass is 16.6. The van der Waals surface area contributed by atoms with Crippen molar-refractivity contribution in [1.29, 1.82) is 0 Å². The Kier molecular flexibility index (Phi) is 14.9. The zero-order chi connectivity index (χ0) is 31.4. The van der Waals surface area contributed by atoms with Crippen LogP contribution in [0.15, 0.2) is 42.5 Å². The number of piperidine rings is 2. The maximum atomic E-state index is 12.9. The van der Waals surface area contributed by atoms with Crippen molar-refractivity contribution in [3.8, 4) is 17.2 Å². The largest absolute Gasteiger partial charge is 0.497 e. The van der Waals surface area contributed by atoms with Gasteiger partial charge in [0.05, 0.1) is 18.6 Å². The van der Waals surface area contributed by atoms with Gasteiger partial charge in [0.2, 0.25) is 11.7 Å². The van der Waals surface area contributed by atoms with E-state index in [0.717, 1.165) is 58.0 Å². The lowest BCUT2D eigenvalue weighted by molar-refractivity contribution is -0.385. The first-order valence-corrected chi connectivity index (χ1v) is 15.0. The Morgan fingerprint density at radius 3 is 2.14 bits per heavy atom. The molecule has 0 atom stereocenters. The lowest BCUT2D eigenvalue weighted by Crippen LogP contribution is -2.43. The first kappa shape index (κ1) is 36.3. The number of carboxylic acids is 1. The topological polar surface area (TPSA) is 132 Å². The van der Waals surface area contributed by atoms with E-state index in [4.69, 9.17) is 24.1 Å². The summed E-state index contributed by atoms with van der Waals surface area (Å²) in [7, 11) is 1.69. The molecular formula is C33H49N3O8. The number of carboxylic acid groups (broad SMARTS) is 1. The van der Waals surface area contributed by atoms with Crippen molar-refractivity contribution < 1.29 is 33.8 Å². The monoisotopic (exact) mass is 615 g/mol. The lowest BCUT2D eigenvalue weighted by atomic mass is 9.89. The van der Waals surface area contributed by atoms with Crippen molar-refractivity contribution in [3.63, 3.8) is 0 Å². The number of ether oxygens (including phenoxy) is 3. The van der Waals surface area contributed by atoms with Gasteiger partial charge < -0.3 is 29.1 Å². The van der Waals surface area contributed by atoms with Gasteiger partial charge in [0.15, 0.2) is 0 Å². The number of nitrogens with zero attached hydrogens (tertiary/aromatic N) is 3. The van der Waals surface area contributed by atoms with Crippen LogP contribution in [0.25, 0.3) is 0 Å². The molecule has 0 saturated carbocycles. The van der Waals surface area contributed by atoms with Crippen molar-refractivity contribution >= 4 is 17.6 Å². The van der Waals surface area contributed by atoms with E-state index in [1.165, 1.54) is 11.6 Å². The molecule has 2 saturated heterocycles. The summed E-state index contributed by atoms with van der Waals surface area (Å²) in [4.78, 5) is 37.2. The summed E-state index contributed by atoms with van der Waals surface area (Å²) in [6.07, 6.45) is 4.19. The molecule has 244 valence electrons. The van der Waals surface area contributed by atoms with Gasteiger partial charge in [-0.1, -0.05) is 33.4 Å². The summed E-state index contributed by atoms with van der Waals surface area (Å²) in [5.74, 6) is 1.86. The average molecular weight is 616 g/mol. The van der Waals surface area contributed by atoms with Crippen molar-refractivity contribution in [3.05, 3.63) is 58.1 Å². The van der Waals surface area contributed by atoms with Gasteiger partial charge in [-0.15, -0.1) is 0 Å². The van der Waals surface area contributed by atoms with Crippen LogP contribution in [-0.2, 0) is 9.59 Å². The van der Waals surface area contributed by atoms with Gasteiger partial charge in [0, 0.05) is 58.0 Å². The number of benzene rings is 2. The molecule has 0 radical (unpaired) electrons. The summed E-state index contributed by atoms with van der Waals surface area (Å²) >= 11 is 0.